The summed E-state index contributed by atoms with van der Waals surface area (Å²) in [5, 5.41) is 2.68. The van der Waals surface area contributed by atoms with Gasteiger partial charge in [-0.1, -0.05) is 6.07 Å². The number of rotatable bonds is 4. The highest BCUT2D eigenvalue weighted by molar-refractivity contribution is 5.93. The first kappa shape index (κ1) is 14.6. The van der Waals surface area contributed by atoms with Gasteiger partial charge in [0.2, 0.25) is 0 Å². The maximum Gasteiger partial charge on any atom is 0.257 e. The van der Waals surface area contributed by atoms with Gasteiger partial charge in [-0.2, -0.15) is 0 Å². The predicted molar refractivity (Wildman–Crippen MR) is 80.4 cm³/mol. The molecule has 6 heteroatoms. The minimum absolute atomic E-state index is 0.0853. The molecule has 1 heterocycles. The van der Waals surface area contributed by atoms with Crippen molar-refractivity contribution in [1.29, 1.82) is 0 Å². The molecule has 6 nitrogen and oxygen atoms in total. The Kier molecular flexibility index (Phi) is 4.27. The third-order valence-corrected chi connectivity index (χ3v) is 3.05. The van der Waals surface area contributed by atoms with Gasteiger partial charge in [-0.3, -0.25) is 9.59 Å². The SMILES string of the molecule is COc1ccc(CNC(=O)c2c[nH]c(C)cc2=O)cc1N. The molecule has 0 unspecified atom stereocenters. The molecule has 0 saturated heterocycles. The van der Waals surface area contributed by atoms with Crippen LogP contribution in [-0.2, 0) is 6.54 Å². The molecule has 0 radical (unpaired) electrons. The van der Waals surface area contributed by atoms with Crippen LogP contribution in [-0.4, -0.2) is 18.0 Å². The van der Waals surface area contributed by atoms with Crippen molar-refractivity contribution in [2.45, 2.75) is 13.5 Å². The Morgan fingerprint density at radius 1 is 1.38 bits per heavy atom. The lowest BCUT2D eigenvalue weighted by Gasteiger charge is -2.08. The number of hydrogen-bond acceptors (Lipinski definition) is 4. The van der Waals surface area contributed by atoms with Crippen LogP contribution in [0.3, 0.4) is 0 Å². The molecular weight excluding hydrogens is 270 g/mol. The molecule has 0 atom stereocenters. The number of anilines is 1. The number of nitrogen functional groups attached to an aromatic ring is 1. The number of methoxy groups -OCH3 is 1. The summed E-state index contributed by atoms with van der Waals surface area (Å²) >= 11 is 0. The fourth-order valence-corrected chi connectivity index (χ4v) is 1.92. The Hall–Kier alpha value is -2.76. The molecule has 0 aliphatic carbocycles. The summed E-state index contributed by atoms with van der Waals surface area (Å²) in [5.41, 5.74) is 7.61. The van der Waals surface area contributed by atoms with Crippen LogP contribution in [0.2, 0.25) is 0 Å². The number of ether oxygens (including phenoxy) is 1. The number of benzene rings is 1. The van der Waals surface area contributed by atoms with Gasteiger partial charge in [0.25, 0.3) is 5.91 Å². The van der Waals surface area contributed by atoms with Crippen molar-refractivity contribution in [3.05, 3.63) is 57.5 Å². The zero-order valence-electron chi connectivity index (χ0n) is 11.9. The summed E-state index contributed by atoms with van der Waals surface area (Å²) in [7, 11) is 1.54. The lowest BCUT2D eigenvalue weighted by atomic mass is 10.1. The number of nitrogens with one attached hydrogen (secondary N) is 2. The van der Waals surface area contributed by atoms with Gasteiger partial charge < -0.3 is 20.8 Å². The monoisotopic (exact) mass is 287 g/mol. The summed E-state index contributed by atoms with van der Waals surface area (Å²) in [5.74, 6) is 0.158. The second-order valence-electron chi connectivity index (χ2n) is 4.65. The predicted octanol–water partition coefficient (Wildman–Crippen LogP) is 1.20. The van der Waals surface area contributed by atoms with E-state index in [1.54, 1.807) is 25.1 Å². The third kappa shape index (κ3) is 3.42. The first-order chi connectivity index (χ1) is 10.0. The van der Waals surface area contributed by atoms with E-state index in [0.29, 0.717) is 17.1 Å². The van der Waals surface area contributed by atoms with E-state index in [4.69, 9.17) is 10.5 Å². The average Bonchev–Trinajstić information content (AvgIpc) is 2.45. The van der Waals surface area contributed by atoms with Crippen LogP contribution in [0.15, 0.2) is 35.3 Å². The van der Waals surface area contributed by atoms with Crippen LogP contribution < -0.4 is 21.2 Å². The van der Waals surface area contributed by atoms with E-state index in [1.807, 2.05) is 0 Å². The summed E-state index contributed by atoms with van der Waals surface area (Å²) in [6.45, 7) is 2.03. The van der Waals surface area contributed by atoms with E-state index in [1.165, 1.54) is 19.4 Å². The number of H-pyrrole nitrogens is 1. The van der Waals surface area contributed by atoms with Crippen molar-refractivity contribution in [2.75, 3.05) is 12.8 Å². The fraction of sp³-hybridized carbons (Fsp3) is 0.200. The smallest absolute Gasteiger partial charge is 0.257 e. The number of hydrogen-bond donors (Lipinski definition) is 3. The molecule has 0 aliphatic rings. The van der Waals surface area contributed by atoms with Crippen molar-refractivity contribution < 1.29 is 9.53 Å². The van der Waals surface area contributed by atoms with Crippen molar-refractivity contribution >= 4 is 11.6 Å². The summed E-state index contributed by atoms with van der Waals surface area (Å²) < 4.78 is 5.06. The van der Waals surface area contributed by atoms with Crippen molar-refractivity contribution in [3.63, 3.8) is 0 Å². The Bertz CT molecular complexity index is 722. The van der Waals surface area contributed by atoms with Gasteiger partial charge in [-0.25, -0.2) is 0 Å². The van der Waals surface area contributed by atoms with Gasteiger partial charge in [-0.15, -0.1) is 0 Å². The first-order valence-corrected chi connectivity index (χ1v) is 6.41. The quantitative estimate of drug-likeness (QED) is 0.736. The molecule has 0 aliphatic heterocycles. The van der Waals surface area contributed by atoms with Crippen LogP contribution in [0.5, 0.6) is 5.75 Å². The average molecular weight is 287 g/mol. The van der Waals surface area contributed by atoms with E-state index in [-0.39, 0.29) is 17.5 Å². The highest BCUT2D eigenvalue weighted by atomic mass is 16.5. The van der Waals surface area contributed by atoms with Crippen LogP contribution in [0.1, 0.15) is 21.6 Å². The maximum absolute atomic E-state index is 12.0. The molecule has 0 fully saturated rings. The lowest BCUT2D eigenvalue weighted by Crippen LogP contribution is -2.28. The number of aromatic amines is 1. The van der Waals surface area contributed by atoms with Crippen molar-refractivity contribution in [2.24, 2.45) is 0 Å². The number of nitrogens with two attached hydrogens (primary N) is 1. The summed E-state index contributed by atoms with van der Waals surface area (Å²) in [6.07, 6.45) is 1.41. The number of aromatic nitrogens is 1. The van der Waals surface area contributed by atoms with Crippen LogP contribution >= 0.6 is 0 Å². The topological polar surface area (TPSA) is 97.2 Å². The molecule has 1 amide bonds. The van der Waals surface area contributed by atoms with E-state index in [2.05, 4.69) is 10.3 Å². The number of carbonyl (C=O) groups excluding carboxylic acids is 1. The fourth-order valence-electron chi connectivity index (χ4n) is 1.92. The minimum Gasteiger partial charge on any atom is -0.495 e. The number of carbonyl (C=O) groups is 1. The molecule has 0 spiro atoms. The summed E-state index contributed by atoms with van der Waals surface area (Å²) in [6, 6.07) is 6.64. The van der Waals surface area contributed by atoms with E-state index < -0.39 is 5.91 Å². The molecule has 0 saturated carbocycles. The molecule has 2 rings (SSSR count). The van der Waals surface area contributed by atoms with Gasteiger partial charge >= 0.3 is 0 Å². The number of pyridine rings is 1. The lowest BCUT2D eigenvalue weighted by molar-refractivity contribution is 0.0949. The summed E-state index contributed by atoms with van der Waals surface area (Å²) in [4.78, 5) is 26.5. The molecule has 21 heavy (non-hydrogen) atoms. The van der Waals surface area contributed by atoms with Crippen molar-refractivity contribution in [1.82, 2.24) is 10.3 Å². The number of aryl methyl sites for hydroxylation is 1. The first-order valence-electron chi connectivity index (χ1n) is 6.41. The van der Waals surface area contributed by atoms with Crippen LogP contribution in [0.25, 0.3) is 0 Å². The zero-order chi connectivity index (χ0) is 15.4. The maximum atomic E-state index is 12.0. The molecule has 1 aromatic heterocycles. The highest BCUT2D eigenvalue weighted by Gasteiger charge is 2.10. The molecule has 110 valence electrons. The highest BCUT2D eigenvalue weighted by Crippen LogP contribution is 2.21. The Morgan fingerprint density at radius 2 is 2.14 bits per heavy atom. The van der Waals surface area contributed by atoms with Crippen LogP contribution in [0.4, 0.5) is 5.69 Å². The third-order valence-electron chi connectivity index (χ3n) is 3.05. The second-order valence-corrected chi connectivity index (χ2v) is 4.65. The molecule has 1 aromatic carbocycles. The van der Waals surface area contributed by atoms with E-state index >= 15 is 0 Å². The molecular formula is C15H17N3O3. The van der Waals surface area contributed by atoms with Crippen molar-refractivity contribution in [3.8, 4) is 5.75 Å². The Morgan fingerprint density at radius 3 is 2.76 bits per heavy atom. The van der Waals surface area contributed by atoms with Gasteiger partial charge in [0, 0.05) is 24.5 Å². The number of amides is 1. The van der Waals surface area contributed by atoms with Gasteiger partial charge in [0.05, 0.1) is 12.8 Å². The normalized spacial score (nSPS) is 10.2. The molecule has 2 aromatic rings. The standard InChI is InChI=1S/C15H17N3O3/c1-9-5-13(19)11(8-17-9)15(20)18-7-10-3-4-14(21-2)12(16)6-10/h3-6,8H,7,16H2,1-2H3,(H,17,19)(H,18,20). The van der Waals surface area contributed by atoms with E-state index in [0.717, 1.165) is 5.56 Å². The molecule has 4 N–H and O–H groups in total. The minimum atomic E-state index is -0.425. The zero-order valence-corrected chi connectivity index (χ0v) is 11.9. The van der Waals surface area contributed by atoms with Gasteiger partial charge in [-0.05, 0) is 24.6 Å². The Labute approximate surface area is 121 Å². The van der Waals surface area contributed by atoms with Crippen LogP contribution in [0, 0.1) is 6.92 Å². The second kappa shape index (κ2) is 6.13. The van der Waals surface area contributed by atoms with E-state index in [9.17, 15) is 9.59 Å². The largest absolute Gasteiger partial charge is 0.495 e. The molecule has 0 bridgehead atoms. The van der Waals surface area contributed by atoms with Gasteiger partial charge in [0.1, 0.15) is 11.3 Å². The van der Waals surface area contributed by atoms with Gasteiger partial charge in [0.15, 0.2) is 5.43 Å². The Balaban J connectivity index is 2.07.